The summed E-state index contributed by atoms with van der Waals surface area (Å²) in [6.07, 6.45) is 6.79. The molecular formula is C21H16N4O. The van der Waals surface area contributed by atoms with E-state index in [4.69, 9.17) is 12.3 Å². The molecular weight excluding hydrogens is 324 g/mol. The SMILES string of the molecule is C#Cc1cccc(-c2cc(N(N)C(=O)C(=C)c3ccccc3)ncn2)c1. The Balaban J connectivity index is 1.89. The Bertz CT molecular complexity index is 1010. The van der Waals surface area contributed by atoms with Gasteiger partial charge in [0, 0.05) is 22.8 Å². The molecule has 5 nitrogen and oxygen atoms in total. The number of aromatic nitrogens is 2. The van der Waals surface area contributed by atoms with E-state index in [0.717, 1.165) is 16.1 Å². The number of benzene rings is 2. The maximum atomic E-state index is 12.6. The first-order valence-electron chi connectivity index (χ1n) is 7.82. The van der Waals surface area contributed by atoms with Crippen molar-refractivity contribution in [3.63, 3.8) is 0 Å². The van der Waals surface area contributed by atoms with Crippen molar-refractivity contribution in [3.8, 4) is 23.6 Å². The molecule has 3 rings (SSSR count). The summed E-state index contributed by atoms with van der Waals surface area (Å²) in [4.78, 5) is 20.9. The first-order chi connectivity index (χ1) is 12.6. The molecule has 0 bridgehead atoms. The van der Waals surface area contributed by atoms with Gasteiger partial charge < -0.3 is 0 Å². The molecule has 126 valence electrons. The second kappa shape index (κ2) is 7.43. The first kappa shape index (κ1) is 17.1. The zero-order chi connectivity index (χ0) is 18.5. The number of terminal acetylenes is 1. The molecule has 0 spiro atoms. The molecule has 0 aliphatic rings. The monoisotopic (exact) mass is 340 g/mol. The molecule has 1 heterocycles. The van der Waals surface area contributed by atoms with Gasteiger partial charge in [-0.15, -0.1) is 6.42 Å². The highest BCUT2D eigenvalue weighted by Gasteiger charge is 2.18. The number of hydrogen-bond acceptors (Lipinski definition) is 4. The van der Waals surface area contributed by atoms with E-state index in [1.807, 2.05) is 42.5 Å². The maximum Gasteiger partial charge on any atom is 0.273 e. The number of anilines is 1. The van der Waals surface area contributed by atoms with Crippen molar-refractivity contribution in [2.24, 2.45) is 5.84 Å². The maximum absolute atomic E-state index is 12.6. The van der Waals surface area contributed by atoms with E-state index in [0.29, 0.717) is 11.3 Å². The third-order valence-corrected chi connectivity index (χ3v) is 3.82. The van der Waals surface area contributed by atoms with Crippen LogP contribution in [0.1, 0.15) is 11.1 Å². The lowest BCUT2D eigenvalue weighted by Crippen LogP contribution is -2.38. The van der Waals surface area contributed by atoms with Crippen LogP contribution in [0.2, 0.25) is 0 Å². The fraction of sp³-hybridized carbons (Fsp3) is 0. The number of hydrazine groups is 1. The summed E-state index contributed by atoms with van der Waals surface area (Å²) in [5.74, 6) is 8.38. The van der Waals surface area contributed by atoms with Crippen molar-refractivity contribution < 1.29 is 4.79 Å². The minimum Gasteiger partial charge on any atom is -0.267 e. The number of carbonyl (C=O) groups excluding carboxylic acids is 1. The van der Waals surface area contributed by atoms with Crippen LogP contribution >= 0.6 is 0 Å². The van der Waals surface area contributed by atoms with Gasteiger partial charge in [-0.2, -0.15) is 0 Å². The highest BCUT2D eigenvalue weighted by molar-refractivity contribution is 6.24. The molecule has 0 saturated heterocycles. The second-order valence-electron chi connectivity index (χ2n) is 5.51. The minimum atomic E-state index is -0.446. The van der Waals surface area contributed by atoms with Crippen molar-refractivity contribution in [2.45, 2.75) is 0 Å². The Hall–Kier alpha value is -3.75. The third kappa shape index (κ3) is 3.51. The molecule has 0 aliphatic heterocycles. The zero-order valence-corrected chi connectivity index (χ0v) is 14.0. The van der Waals surface area contributed by atoms with Gasteiger partial charge in [0.05, 0.1) is 5.69 Å². The standard InChI is InChI=1S/C21H16N4O/c1-3-16-8-7-11-18(12-16)19-13-20(24-14-23-19)25(22)21(26)15(2)17-9-5-4-6-10-17/h1,4-14H,2,22H2. The predicted molar refractivity (Wildman–Crippen MR) is 103 cm³/mol. The Kier molecular flexibility index (Phi) is 4.88. The Morgan fingerprint density at radius 1 is 1.08 bits per heavy atom. The molecule has 2 aromatic carbocycles. The van der Waals surface area contributed by atoms with E-state index in [1.54, 1.807) is 18.2 Å². The molecule has 2 N–H and O–H groups in total. The second-order valence-corrected chi connectivity index (χ2v) is 5.51. The summed E-state index contributed by atoms with van der Waals surface area (Å²) in [6, 6.07) is 18.1. The molecule has 26 heavy (non-hydrogen) atoms. The molecule has 0 unspecified atom stereocenters. The van der Waals surface area contributed by atoms with Gasteiger partial charge in [0.1, 0.15) is 6.33 Å². The van der Waals surface area contributed by atoms with E-state index < -0.39 is 5.91 Å². The van der Waals surface area contributed by atoms with Gasteiger partial charge in [-0.05, 0) is 17.7 Å². The molecule has 0 saturated carbocycles. The number of rotatable bonds is 4. The van der Waals surface area contributed by atoms with Crippen LogP contribution in [0, 0.1) is 12.3 Å². The van der Waals surface area contributed by atoms with E-state index >= 15 is 0 Å². The summed E-state index contributed by atoms with van der Waals surface area (Å²) >= 11 is 0. The number of amides is 1. The molecule has 1 aromatic heterocycles. The summed E-state index contributed by atoms with van der Waals surface area (Å²) in [7, 11) is 0. The van der Waals surface area contributed by atoms with Crippen molar-refractivity contribution in [2.75, 3.05) is 5.01 Å². The normalized spacial score (nSPS) is 10.0. The van der Waals surface area contributed by atoms with Crippen molar-refractivity contribution in [3.05, 3.63) is 84.7 Å². The Morgan fingerprint density at radius 3 is 2.58 bits per heavy atom. The van der Waals surface area contributed by atoms with E-state index in [2.05, 4.69) is 22.5 Å². The lowest BCUT2D eigenvalue weighted by Gasteiger charge is -2.17. The van der Waals surface area contributed by atoms with Crippen LogP contribution < -0.4 is 10.9 Å². The molecule has 5 heteroatoms. The molecule has 0 aliphatic carbocycles. The van der Waals surface area contributed by atoms with Gasteiger partial charge in [-0.1, -0.05) is 55.0 Å². The van der Waals surface area contributed by atoms with Crippen molar-refractivity contribution in [1.82, 2.24) is 9.97 Å². The number of carbonyl (C=O) groups is 1. The number of nitrogens with zero attached hydrogens (tertiary/aromatic N) is 3. The summed E-state index contributed by atoms with van der Waals surface area (Å²) in [5, 5.41) is 0.964. The third-order valence-electron chi connectivity index (χ3n) is 3.82. The predicted octanol–water partition coefficient (Wildman–Crippen LogP) is 3.05. The number of nitrogens with two attached hydrogens (primary N) is 1. The van der Waals surface area contributed by atoms with E-state index in [9.17, 15) is 4.79 Å². The number of hydrogen-bond donors (Lipinski definition) is 1. The van der Waals surface area contributed by atoms with Gasteiger partial charge in [-0.25, -0.2) is 20.8 Å². The van der Waals surface area contributed by atoms with Crippen LogP contribution in [0.4, 0.5) is 5.82 Å². The summed E-state index contributed by atoms with van der Waals surface area (Å²) in [5.41, 5.74) is 3.14. The van der Waals surface area contributed by atoms with Crippen molar-refractivity contribution in [1.29, 1.82) is 0 Å². The van der Waals surface area contributed by atoms with Crippen LogP contribution in [-0.2, 0) is 4.79 Å². The zero-order valence-electron chi connectivity index (χ0n) is 14.0. The van der Waals surface area contributed by atoms with E-state index in [-0.39, 0.29) is 11.4 Å². The molecule has 1 amide bonds. The van der Waals surface area contributed by atoms with Crippen molar-refractivity contribution >= 4 is 17.3 Å². The topological polar surface area (TPSA) is 72.1 Å². The highest BCUT2D eigenvalue weighted by Crippen LogP contribution is 2.22. The first-order valence-corrected chi connectivity index (χ1v) is 7.82. The fourth-order valence-corrected chi connectivity index (χ4v) is 2.42. The summed E-state index contributed by atoms with van der Waals surface area (Å²) in [6.45, 7) is 3.84. The molecule has 0 radical (unpaired) electrons. The lowest BCUT2D eigenvalue weighted by atomic mass is 10.1. The highest BCUT2D eigenvalue weighted by atomic mass is 16.2. The molecule has 0 fully saturated rings. The summed E-state index contributed by atoms with van der Waals surface area (Å²) < 4.78 is 0. The minimum absolute atomic E-state index is 0.267. The smallest absolute Gasteiger partial charge is 0.267 e. The van der Waals surface area contributed by atoms with Gasteiger partial charge in [-0.3, -0.25) is 4.79 Å². The van der Waals surface area contributed by atoms with Gasteiger partial charge in [0.25, 0.3) is 5.91 Å². The average molecular weight is 340 g/mol. The fourth-order valence-electron chi connectivity index (χ4n) is 2.42. The van der Waals surface area contributed by atoms with Gasteiger partial charge in [0.2, 0.25) is 0 Å². The van der Waals surface area contributed by atoms with Crippen LogP contribution in [-0.4, -0.2) is 15.9 Å². The van der Waals surface area contributed by atoms with Crippen LogP contribution in [0.25, 0.3) is 16.8 Å². The van der Waals surface area contributed by atoms with Gasteiger partial charge in [0.15, 0.2) is 5.82 Å². The molecule has 3 aromatic rings. The quantitative estimate of drug-likeness (QED) is 0.260. The van der Waals surface area contributed by atoms with Crippen LogP contribution in [0.3, 0.4) is 0 Å². The largest absolute Gasteiger partial charge is 0.273 e. The Labute approximate surface area is 151 Å². The molecule has 0 atom stereocenters. The van der Waals surface area contributed by atoms with E-state index in [1.165, 1.54) is 6.33 Å². The van der Waals surface area contributed by atoms with Gasteiger partial charge >= 0.3 is 0 Å². The Morgan fingerprint density at radius 2 is 1.85 bits per heavy atom. The van der Waals surface area contributed by atoms with Crippen LogP contribution in [0.5, 0.6) is 0 Å². The lowest BCUT2D eigenvalue weighted by molar-refractivity contribution is -0.113. The average Bonchev–Trinajstić information content (AvgIpc) is 2.73. The van der Waals surface area contributed by atoms with Crippen LogP contribution in [0.15, 0.2) is 73.6 Å².